The van der Waals surface area contributed by atoms with Gasteiger partial charge in [-0.2, -0.15) is 5.10 Å². The Bertz CT molecular complexity index is 880. The Hall–Kier alpha value is -2.47. The van der Waals surface area contributed by atoms with Crippen molar-refractivity contribution in [3.8, 4) is 0 Å². The van der Waals surface area contributed by atoms with Crippen LogP contribution in [0.1, 0.15) is 43.1 Å². The van der Waals surface area contributed by atoms with Gasteiger partial charge in [-0.1, -0.05) is 43.2 Å². The molecular weight excluding hydrogens is 336 g/mol. The van der Waals surface area contributed by atoms with Gasteiger partial charge in [-0.25, -0.2) is 9.97 Å². The predicted octanol–water partition coefficient (Wildman–Crippen LogP) is 3.70. The fraction of sp³-hybridized carbons (Fsp3) is 0.476. The molecule has 6 heteroatoms. The summed E-state index contributed by atoms with van der Waals surface area (Å²) in [5, 5.41) is 8.94. The van der Waals surface area contributed by atoms with Gasteiger partial charge >= 0.3 is 0 Å². The highest BCUT2D eigenvalue weighted by atomic mass is 15.3. The molecule has 4 rings (SSSR count). The quantitative estimate of drug-likeness (QED) is 0.748. The second-order valence-electron chi connectivity index (χ2n) is 7.38. The lowest BCUT2D eigenvalue weighted by Crippen LogP contribution is -2.34. The first-order valence-corrected chi connectivity index (χ1v) is 9.91. The van der Waals surface area contributed by atoms with E-state index >= 15 is 0 Å². The number of aromatic nitrogens is 4. The molecule has 6 nitrogen and oxygen atoms in total. The molecule has 3 aromatic rings. The first-order chi connectivity index (χ1) is 13.2. The Balaban J connectivity index is 1.60. The number of nitrogens with one attached hydrogen (secondary N) is 1. The van der Waals surface area contributed by atoms with Gasteiger partial charge in [-0.3, -0.25) is 9.58 Å². The molecule has 1 aliphatic heterocycles. The summed E-state index contributed by atoms with van der Waals surface area (Å²) in [5.41, 5.74) is 2.23. The molecular formula is C21H28N6. The third kappa shape index (κ3) is 3.95. The molecule has 3 heterocycles. The predicted molar refractivity (Wildman–Crippen MR) is 109 cm³/mol. The maximum absolute atomic E-state index is 4.65. The summed E-state index contributed by atoms with van der Waals surface area (Å²) >= 11 is 0. The summed E-state index contributed by atoms with van der Waals surface area (Å²) in [6, 6.07) is 11.2. The SMILES string of the molecule is Cc1nc(NC[C@@H](c2ccccc2)N2CCCCCC2)c2cnn(C)c2n1. The lowest BCUT2D eigenvalue weighted by molar-refractivity contribution is 0.213. The maximum Gasteiger partial charge on any atom is 0.163 e. The molecule has 0 unspecified atom stereocenters. The highest BCUT2D eigenvalue weighted by Crippen LogP contribution is 2.26. The van der Waals surface area contributed by atoms with Gasteiger partial charge in [-0.05, 0) is 38.4 Å². The normalized spacial score (nSPS) is 17.0. The van der Waals surface area contributed by atoms with Crippen LogP contribution in [0.3, 0.4) is 0 Å². The molecule has 1 aromatic carbocycles. The number of rotatable bonds is 5. The number of aryl methyl sites for hydroxylation is 2. The Morgan fingerprint density at radius 3 is 2.52 bits per heavy atom. The second kappa shape index (κ2) is 8.05. The van der Waals surface area contributed by atoms with Crippen LogP contribution in [0.5, 0.6) is 0 Å². The van der Waals surface area contributed by atoms with E-state index in [1.54, 1.807) is 4.68 Å². The first-order valence-electron chi connectivity index (χ1n) is 9.91. The molecule has 0 bridgehead atoms. The van der Waals surface area contributed by atoms with Crippen LogP contribution in [0.2, 0.25) is 0 Å². The molecule has 142 valence electrons. The molecule has 0 aliphatic carbocycles. The van der Waals surface area contributed by atoms with Crippen molar-refractivity contribution < 1.29 is 0 Å². The van der Waals surface area contributed by atoms with Crippen molar-refractivity contribution in [2.45, 2.75) is 38.6 Å². The lowest BCUT2D eigenvalue weighted by Gasteiger charge is -2.31. The third-order valence-electron chi connectivity index (χ3n) is 5.43. The summed E-state index contributed by atoms with van der Waals surface area (Å²) < 4.78 is 1.80. The van der Waals surface area contributed by atoms with Crippen molar-refractivity contribution in [2.24, 2.45) is 7.05 Å². The van der Waals surface area contributed by atoms with Crippen molar-refractivity contribution >= 4 is 16.9 Å². The second-order valence-corrected chi connectivity index (χ2v) is 7.38. The van der Waals surface area contributed by atoms with E-state index in [0.29, 0.717) is 6.04 Å². The van der Waals surface area contributed by atoms with Gasteiger partial charge in [0.1, 0.15) is 11.6 Å². The smallest absolute Gasteiger partial charge is 0.163 e. The van der Waals surface area contributed by atoms with E-state index in [0.717, 1.165) is 42.3 Å². The number of benzene rings is 1. The average Bonchev–Trinajstić information content (AvgIpc) is 2.89. The highest BCUT2D eigenvalue weighted by molar-refractivity contribution is 5.86. The summed E-state index contributed by atoms with van der Waals surface area (Å²) in [6.07, 6.45) is 7.09. The topological polar surface area (TPSA) is 58.9 Å². The van der Waals surface area contributed by atoms with Gasteiger partial charge in [0.05, 0.1) is 17.6 Å². The lowest BCUT2D eigenvalue weighted by atomic mass is 10.0. The fourth-order valence-corrected chi connectivity index (χ4v) is 4.00. The van der Waals surface area contributed by atoms with Crippen molar-refractivity contribution in [2.75, 3.05) is 25.0 Å². The van der Waals surface area contributed by atoms with E-state index in [1.165, 1.54) is 31.2 Å². The van der Waals surface area contributed by atoms with E-state index in [-0.39, 0.29) is 0 Å². The minimum absolute atomic E-state index is 0.339. The van der Waals surface area contributed by atoms with Crippen LogP contribution in [0.15, 0.2) is 36.5 Å². The number of fused-ring (bicyclic) bond motifs is 1. The van der Waals surface area contributed by atoms with Crippen LogP contribution in [0, 0.1) is 6.92 Å². The first kappa shape index (κ1) is 17.9. The monoisotopic (exact) mass is 364 g/mol. The molecule has 1 saturated heterocycles. The molecule has 0 spiro atoms. The standard InChI is InChI=1S/C21H28N6/c1-16-24-20(18-14-23-26(2)21(18)25-16)22-15-19(17-10-6-5-7-11-17)27-12-8-3-4-9-13-27/h5-7,10-11,14,19H,3-4,8-9,12-13,15H2,1-2H3,(H,22,24,25)/t19-/m0/s1. The van der Waals surface area contributed by atoms with Crippen molar-refractivity contribution in [1.82, 2.24) is 24.6 Å². The van der Waals surface area contributed by atoms with E-state index in [2.05, 4.69) is 55.6 Å². The van der Waals surface area contributed by atoms with Gasteiger partial charge in [0.25, 0.3) is 0 Å². The van der Waals surface area contributed by atoms with Crippen molar-refractivity contribution in [1.29, 1.82) is 0 Å². The van der Waals surface area contributed by atoms with E-state index in [1.807, 2.05) is 20.2 Å². The summed E-state index contributed by atoms with van der Waals surface area (Å²) in [4.78, 5) is 11.8. The number of likely N-dealkylation sites (tertiary alicyclic amines) is 1. The van der Waals surface area contributed by atoms with Gasteiger partial charge in [0.15, 0.2) is 5.65 Å². The van der Waals surface area contributed by atoms with Crippen molar-refractivity contribution in [3.05, 3.63) is 47.9 Å². The third-order valence-corrected chi connectivity index (χ3v) is 5.43. The minimum atomic E-state index is 0.339. The maximum atomic E-state index is 4.65. The summed E-state index contributed by atoms with van der Waals surface area (Å²) in [7, 11) is 1.92. The van der Waals surface area contributed by atoms with Crippen LogP contribution in [-0.2, 0) is 7.05 Å². The zero-order valence-corrected chi connectivity index (χ0v) is 16.2. The Morgan fingerprint density at radius 2 is 1.78 bits per heavy atom. The molecule has 1 aliphatic rings. The number of hydrogen-bond donors (Lipinski definition) is 1. The Kier molecular flexibility index (Phi) is 5.34. The number of nitrogens with zero attached hydrogens (tertiary/aromatic N) is 5. The van der Waals surface area contributed by atoms with E-state index < -0.39 is 0 Å². The van der Waals surface area contributed by atoms with Gasteiger partial charge < -0.3 is 5.32 Å². The van der Waals surface area contributed by atoms with Crippen molar-refractivity contribution in [3.63, 3.8) is 0 Å². The van der Waals surface area contributed by atoms with Crippen LogP contribution < -0.4 is 5.32 Å². The van der Waals surface area contributed by atoms with Crippen LogP contribution in [0.4, 0.5) is 5.82 Å². The molecule has 0 amide bonds. The van der Waals surface area contributed by atoms with Crippen LogP contribution in [-0.4, -0.2) is 44.3 Å². The minimum Gasteiger partial charge on any atom is -0.367 e. The van der Waals surface area contributed by atoms with Crippen LogP contribution >= 0.6 is 0 Å². The summed E-state index contributed by atoms with van der Waals surface area (Å²) in [5.74, 6) is 1.64. The zero-order chi connectivity index (χ0) is 18.6. The summed E-state index contributed by atoms with van der Waals surface area (Å²) in [6.45, 7) is 5.07. The molecule has 27 heavy (non-hydrogen) atoms. The van der Waals surface area contributed by atoms with E-state index in [9.17, 15) is 0 Å². The Morgan fingerprint density at radius 1 is 1.04 bits per heavy atom. The van der Waals surface area contributed by atoms with Gasteiger partial charge in [-0.15, -0.1) is 0 Å². The molecule has 0 saturated carbocycles. The molecule has 2 aromatic heterocycles. The van der Waals surface area contributed by atoms with Gasteiger partial charge in [0, 0.05) is 13.6 Å². The molecule has 1 atom stereocenters. The van der Waals surface area contributed by atoms with Gasteiger partial charge in [0.2, 0.25) is 0 Å². The molecule has 1 N–H and O–H groups in total. The van der Waals surface area contributed by atoms with Crippen LogP contribution in [0.25, 0.3) is 11.0 Å². The largest absolute Gasteiger partial charge is 0.367 e. The van der Waals surface area contributed by atoms with E-state index in [4.69, 9.17) is 0 Å². The molecule has 0 radical (unpaired) electrons. The number of hydrogen-bond acceptors (Lipinski definition) is 5. The number of anilines is 1. The highest BCUT2D eigenvalue weighted by Gasteiger charge is 2.22. The zero-order valence-electron chi connectivity index (χ0n) is 16.2. The fourth-order valence-electron chi connectivity index (χ4n) is 4.00. The molecule has 1 fully saturated rings. The Labute approximate surface area is 160 Å². The average molecular weight is 364 g/mol.